The number of hydrogen-bond donors (Lipinski definition) is 2. The van der Waals surface area contributed by atoms with Crippen LogP contribution in [-0.4, -0.2) is 57.2 Å². The van der Waals surface area contributed by atoms with Gasteiger partial charge >= 0.3 is 5.97 Å². The van der Waals surface area contributed by atoms with Crippen molar-refractivity contribution in [3.8, 4) is 0 Å². The molecule has 0 saturated carbocycles. The minimum atomic E-state index is -0.764. The minimum Gasteiger partial charge on any atom is -0.481 e. The van der Waals surface area contributed by atoms with Crippen LogP contribution in [0.1, 0.15) is 31.2 Å². The molecule has 1 saturated heterocycles. The van der Waals surface area contributed by atoms with E-state index >= 15 is 0 Å². The van der Waals surface area contributed by atoms with Gasteiger partial charge in [-0.3, -0.25) is 9.59 Å². The second-order valence-corrected chi connectivity index (χ2v) is 7.67. The number of aliphatic hydroxyl groups is 1. The highest BCUT2D eigenvalue weighted by Crippen LogP contribution is 2.21. The number of hydrogen-bond acceptors (Lipinski definition) is 4. The summed E-state index contributed by atoms with van der Waals surface area (Å²) in [6, 6.07) is 9.89. The van der Waals surface area contributed by atoms with Gasteiger partial charge < -0.3 is 15.1 Å². The second kappa shape index (κ2) is 11.0. The third-order valence-corrected chi connectivity index (χ3v) is 5.42. The van der Waals surface area contributed by atoms with Gasteiger partial charge in [-0.15, -0.1) is 0 Å². The summed E-state index contributed by atoms with van der Waals surface area (Å²) < 4.78 is 0. The fraction of sp³-hybridized carbons (Fsp3) is 0.500. The number of carboxylic acids is 1. The first kappa shape index (κ1) is 20.5. The first-order valence-electron chi connectivity index (χ1n) is 9.05. The molecule has 1 heterocycles. The summed E-state index contributed by atoms with van der Waals surface area (Å²) in [6.45, 7) is 0.667. The number of thioether (sulfide) groups is 1. The summed E-state index contributed by atoms with van der Waals surface area (Å²) in [6.07, 6.45) is 5.95. The van der Waals surface area contributed by atoms with E-state index in [0.717, 1.165) is 23.5 Å². The number of likely N-dealkylation sites (tertiary alicyclic amines) is 1. The second-order valence-electron chi connectivity index (χ2n) is 6.44. The molecule has 0 unspecified atom stereocenters. The topological polar surface area (TPSA) is 77.8 Å². The summed E-state index contributed by atoms with van der Waals surface area (Å²) in [7, 11) is 0. The summed E-state index contributed by atoms with van der Waals surface area (Å²) in [4.78, 5) is 24.4. The van der Waals surface area contributed by atoms with E-state index in [2.05, 4.69) is 0 Å². The van der Waals surface area contributed by atoms with Crippen molar-refractivity contribution in [2.45, 2.75) is 44.2 Å². The molecule has 0 radical (unpaired) electrons. The molecule has 2 rings (SSSR count). The highest BCUT2D eigenvalue weighted by atomic mass is 32.2. The average Bonchev–Trinajstić information content (AvgIpc) is 2.97. The number of carbonyl (C=O) groups excluding carboxylic acids is 1. The molecule has 2 N–H and O–H groups in total. The van der Waals surface area contributed by atoms with Gasteiger partial charge in [0.15, 0.2) is 0 Å². The zero-order valence-electron chi connectivity index (χ0n) is 14.9. The predicted molar refractivity (Wildman–Crippen MR) is 104 cm³/mol. The quantitative estimate of drug-likeness (QED) is 0.458. The smallest absolute Gasteiger partial charge is 0.303 e. The zero-order valence-corrected chi connectivity index (χ0v) is 15.7. The van der Waals surface area contributed by atoms with Crippen LogP contribution in [0, 0.1) is 0 Å². The summed E-state index contributed by atoms with van der Waals surface area (Å²) in [5.74, 6) is 0.996. The molecule has 5 nitrogen and oxygen atoms in total. The number of amides is 1. The Balaban J connectivity index is 1.74. The van der Waals surface area contributed by atoms with Gasteiger partial charge in [-0.1, -0.05) is 42.5 Å². The van der Waals surface area contributed by atoms with Crippen molar-refractivity contribution in [3.05, 3.63) is 48.0 Å². The van der Waals surface area contributed by atoms with Gasteiger partial charge in [0.1, 0.15) is 0 Å². The number of rotatable bonds is 11. The normalized spacial score (nSPS) is 18.6. The van der Waals surface area contributed by atoms with E-state index in [1.165, 1.54) is 0 Å². The lowest BCUT2D eigenvalue weighted by Crippen LogP contribution is -2.34. The Hall–Kier alpha value is -1.79. The van der Waals surface area contributed by atoms with Gasteiger partial charge in [0.2, 0.25) is 5.91 Å². The number of carboxylic acid groups (broad SMARTS) is 1. The lowest BCUT2D eigenvalue weighted by atomic mass is 10.1. The molecule has 0 aromatic heterocycles. The van der Waals surface area contributed by atoms with E-state index in [4.69, 9.17) is 5.11 Å². The maximum absolute atomic E-state index is 12.1. The van der Waals surface area contributed by atoms with Crippen LogP contribution in [0.4, 0.5) is 0 Å². The number of aliphatic carboxylic acids is 1. The van der Waals surface area contributed by atoms with Gasteiger partial charge in [-0.05, 0) is 24.2 Å². The highest BCUT2D eigenvalue weighted by molar-refractivity contribution is 7.99. The van der Waals surface area contributed by atoms with Gasteiger partial charge in [0.05, 0.1) is 12.1 Å². The van der Waals surface area contributed by atoms with Crippen molar-refractivity contribution < 1.29 is 19.8 Å². The molecule has 1 fully saturated rings. The standard InChI is InChI=1S/C20H27NO4S/c22-18(15-16-5-2-1-3-6-16)10-8-17-9-11-19(23)21(17)12-14-26-13-4-7-20(24)25/h1-3,5-6,8,10,17-18,22H,4,7,9,11-15H2,(H,24,25)/b10-8+/t17-,18+/m0/s1. The third-order valence-electron chi connectivity index (χ3n) is 4.37. The van der Waals surface area contributed by atoms with Crippen molar-refractivity contribution in [2.75, 3.05) is 18.1 Å². The van der Waals surface area contributed by atoms with Crippen molar-refractivity contribution in [1.29, 1.82) is 0 Å². The van der Waals surface area contributed by atoms with Crippen LogP contribution in [0.3, 0.4) is 0 Å². The molecule has 1 amide bonds. The maximum Gasteiger partial charge on any atom is 0.303 e. The Labute approximate surface area is 159 Å². The van der Waals surface area contributed by atoms with Gasteiger partial charge in [0.25, 0.3) is 0 Å². The minimum absolute atomic E-state index is 0.0487. The molecule has 142 valence electrons. The van der Waals surface area contributed by atoms with Gasteiger partial charge in [0, 0.05) is 31.6 Å². The van der Waals surface area contributed by atoms with Crippen LogP contribution in [0.15, 0.2) is 42.5 Å². The zero-order chi connectivity index (χ0) is 18.8. The van der Waals surface area contributed by atoms with E-state index in [1.807, 2.05) is 41.3 Å². The number of benzene rings is 1. The molecular weight excluding hydrogens is 350 g/mol. The Kier molecular flexibility index (Phi) is 8.71. The molecule has 1 aromatic carbocycles. The molecule has 1 aromatic rings. The van der Waals surface area contributed by atoms with E-state index in [9.17, 15) is 14.7 Å². The summed E-state index contributed by atoms with van der Waals surface area (Å²) in [5.41, 5.74) is 1.08. The Morgan fingerprint density at radius 2 is 2.08 bits per heavy atom. The van der Waals surface area contributed by atoms with Crippen LogP contribution in [0.5, 0.6) is 0 Å². The fourth-order valence-corrected chi connectivity index (χ4v) is 3.90. The molecular formula is C20H27NO4S. The van der Waals surface area contributed by atoms with Crippen LogP contribution in [0.2, 0.25) is 0 Å². The third kappa shape index (κ3) is 7.22. The van der Waals surface area contributed by atoms with E-state index < -0.39 is 12.1 Å². The van der Waals surface area contributed by atoms with Crippen molar-refractivity contribution in [3.63, 3.8) is 0 Å². The number of carbonyl (C=O) groups is 2. The van der Waals surface area contributed by atoms with E-state index in [1.54, 1.807) is 17.8 Å². The first-order valence-corrected chi connectivity index (χ1v) is 10.2. The van der Waals surface area contributed by atoms with E-state index in [-0.39, 0.29) is 18.4 Å². The monoisotopic (exact) mass is 377 g/mol. The van der Waals surface area contributed by atoms with Crippen LogP contribution >= 0.6 is 11.8 Å². The van der Waals surface area contributed by atoms with Crippen molar-refractivity contribution >= 4 is 23.6 Å². The fourth-order valence-electron chi connectivity index (χ4n) is 3.02. The largest absolute Gasteiger partial charge is 0.481 e. The van der Waals surface area contributed by atoms with Crippen LogP contribution in [-0.2, 0) is 16.0 Å². The number of nitrogens with zero attached hydrogens (tertiary/aromatic N) is 1. The maximum atomic E-state index is 12.1. The molecule has 0 aliphatic carbocycles. The molecule has 1 aliphatic heterocycles. The van der Waals surface area contributed by atoms with Gasteiger partial charge in [-0.25, -0.2) is 0 Å². The van der Waals surface area contributed by atoms with Crippen molar-refractivity contribution in [1.82, 2.24) is 4.90 Å². The summed E-state index contributed by atoms with van der Waals surface area (Å²) >= 11 is 1.68. The van der Waals surface area contributed by atoms with Crippen LogP contribution < -0.4 is 0 Å². The Morgan fingerprint density at radius 3 is 2.81 bits per heavy atom. The van der Waals surface area contributed by atoms with Crippen molar-refractivity contribution in [2.24, 2.45) is 0 Å². The average molecular weight is 378 g/mol. The molecule has 0 spiro atoms. The predicted octanol–water partition coefficient (Wildman–Crippen LogP) is 2.74. The lowest BCUT2D eigenvalue weighted by Gasteiger charge is -2.22. The summed E-state index contributed by atoms with van der Waals surface area (Å²) in [5, 5.41) is 18.8. The molecule has 2 atom stereocenters. The Morgan fingerprint density at radius 1 is 1.31 bits per heavy atom. The lowest BCUT2D eigenvalue weighted by molar-refractivity contribution is -0.137. The Bertz CT molecular complexity index is 605. The van der Waals surface area contributed by atoms with Gasteiger partial charge in [-0.2, -0.15) is 11.8 Å². The highest BCUT2D eigenvalue weighted by Gasteiger charge is 2.28. The SMILES string of the molecule is O=C(O)CCCSCCN1C(=O)CC[C@@H]1/C=C/[C@@H](O)Cc1ccccc1. The first-order chi connectivity index (χ1) is 12.6. The molecule has 26 heavy (non-hydrogen) atoms. The number of aliphatic hydroxyl groups excluding tert-OH is 1. The molecule has 0 bridgehead atoms. The molecule has 1 aliphatic rings. The van der Waals surface area contributed by atoms with E-state index in [0.29, 0.717) is 25.8 Å². The van der Waals surface area contributed by atoms with Crippen LogP contribution in [0.25, 0.3) is 0 Å². The molecule has 6 heteroatoms.